The van der Waals surface area contributed by atoms with E-state index < -0.39 is 0 Å². The standard InChI is InChI=1S/C13H26N2O2/c1-3-10(2)15-13(17)9-14-11-7-5-4-6-8-12(11)16/h10-12,14,16H,3-9H2,1-2H3,(H,15,17). The van der Waals surface area contributed by atoms with Crippen LogP contribution in [0.4, 0.5) is 0 Å². The molecule has 1 rings (SSSR count). The first-order chi connectivity index (χ1) is 8.13. The van der Waals surface area contributed by atoms with E-state index in [1.54, 1.807) is 0 Å². The number of aliphatic hydroxyl groups is 1. The minimum atomic E-state index is -0.297. The first-order valence-corrected chi connectivity index (χ1v) is 6.84. The van der Waals surface area contributed by atoms with Crippen LogP contribution < -0.4 is 10.6 Å². The first kappa shape index (κ1) is 14.5. The van der Waals surface area contributed by atoms with Crippen molar-refractivity contribution in [2.24, 2.45) is 0 Å². The molecular weight excluding hydrogens is 216 g/mol. The highest BCUT2D eigenvalue weighted by Crippen LogP contribution is 2.17. The lowest BCUT2D eigenvalue weighted by molar-refractivity contribution is -0.121. The van der Waals surface area contributed by atoms with Crippen LogP contribution in [0.2, 0.25) is 0 Å². The molecule has 0 aromatic rings. The molecule has 3 unspecified atom stereocenters. The second-order valence-corrected chi connectivity index (χ2v) is 5.07. The van der Waals surface area contributed by atoms with Crippen LogP contribution in [0.25, 0.3) is 0 Å². The fourth-order valence-corrected chi connectivity index (χ4v) is 2.18. The number of hydrogen-bond donors (Lipinski definition) is 3. The van der Waals surface area contributed by atoms with Gasteiger partial charge in [0.15, 0.2) is 0 Å². The first-order valence-electron chi connectivity index (χ1n) is 6.84. The normalized spacial score (nSPS) is 27.2. The van der Waals surface area contributed by atoms with Crippen LogP contribution in [0.3, 0.4) is 0 Å². The zero-order valence-electron chi connectivity index (χ0n) is 11.0. The SMILES string of the molecule is CCC(C)NC(=O)CNC1CCCCCC1O. The third-order valence-electron chi connectivity index (χ3n) is 3.52. The molecule has 100 valence electrons. The fraction of sp³-hybridized carbons (Fsp3) is 0.923. The number of carbonyl (C=O) groups excluding carboxylic acids is 1. The Morgan fingerprint density at radius 1 is 1.35 bits per heavy atom. The number of rotatable bonds is 5. The molecule has 0 saturated heterocycles. The summed E-state index contributed by atoms with van der Waals surface area (Å²) in [7, 11) is 0. The molecule has 4 heteroatoms. The smallest absolute Gasteiger partial charge is 0.234 e. The summed E-state index contributed by atoms with van der Waals surface area (Å²) in [5.74, 6) is 0.0239. The molecule has 17 heavy (non-hydrogen) atoms. The average molecular weight is 242 g/mol. The summed E-state index contributed by atoms with van der Waals surface area (Å²) < 4.78 is 0. The van der Waals surface area contributed by atoms with Gasteiger partial charge in [-0.1, -0.05) is 26.2 Å². The lowest BCUT2D eigenvalue weighted by Crippen LogP contribution is -2.46. The molecular formula is C13H26N2O2. The largest absolute Gasteiger partial charge is 0.392 e. The zero-order valence-corrected chi connectivity index (χ0v) is 11.0. The number of aliphatic hydroxyl groups excluding tert-OH is 1. The van der Waals surface area contributed by atoms with E-state index in [1.807, 2.05) is 13.8 Å². The highest BCUT2D eigenvalue weighted by atomic mass is 16.3. The topological polar surface area (TPSA) is 61.4 Å². The van der Waals surface area contributed by atoms with Crippen molar-refractivity contribution in [1.29, 1.82) is 0 Å². The lowest BCUT2D eigenvalue weighted by Gasteiger charge is -2.22. The van der Waals surface area contributed by atoms with Gasteiger partial charge >= 0.3 is 0 Å². The summed E-state index contributed by atoms with van der Waals surface area (Å²) in [6, 6.07) is 0.309. The Morgan fingerprint density at radius 2 is 2.06 bits per heavy atom. The molecule has 3 atom stereocenters. The fourth-order valence-electron chi connectivity index (χ4n) is 2.18. The number of nitrogens with one attached hydrogen (secondary N) is 2. The molecule has 0 aliphatic heterocycles. The minimum Gasteiger partial charge on any atom is -0.392 e. The van der Waals surface area contributed by atoms with Gasteiger partial charge in [-0.15, -0.1) is 0 Å². The van der Waals surface area contributed by atoms with Crippen molar-refractivity contribution in [3.63, 3.8) is 0 Å². The molecule has 3 N–H and O–H groups in total. The predicted molar refractivity (Wildman–Crippen MR) is 68.8 cm³/mol. The average Bonchev–Trinajstić information content (AvgIpc) is 2.51. The molecule has 1 fully saturated rings. The summed E-state index contributed by atoms with van der Waals surface area (Å²) in [5.41, 5.74) is 0. The summed E-state index contributed by atoms with van der Waals surface area (Å²) in [6.45, 7) is 4.36. The monoisotopic (exact) mass is 242 g/mol. The van der Waals surface area contributed by atoms with Gasteiger partial charge in [0.1, 0.15) is 0 Å². The maximum absolute atomic E-state index is 11.6. The molecule has 0 aromatic carbocycles. The van der Waals surface area contributed by atoms with Gasteiger partial charge in [0.25, 0.3) is 0 Å². The number of amides is 1. The van der Waals surface area contributed by atoms with E-state index in [0.717, 1.165) is 32.1 Å². The Bertz CT molecular complexity index is 233. The Kier molecular flexibility index (Phi) is 6.52. The molecule has 1 saturated carbocycles. The third-order valence-corrected chi connectivity index (χ3v) is 3.52. The molecule has 4 nitrogen and oxygen atoms in total. The highest BCUT2D eigenvalue weighted by molar-refractivity contribution is 5.78. The van der Waals surface area contributed by atoms with Crippen molar-refractivity contribution < 1.29 is 9.90 Å². The van der Waals surface area contributed by atoms with Crippen molar-refractivity contribution in [1.82, 2.24) is 10.6 Å². The molecule has 0 radical (unpaired) electrons. The Balaban J connectivity index is 2.26. The van der Waals surface area contributed by atoms with Crippen molar-refractivity contribution in [2.75, 3.05) is 6.54 Å². The van der Waals surface area contributed by atoms with Crippen LogP contribution in [-0.2, 0) is 4.79 Å². The van der Waals surface area contributed by atoms with E-state index in [9.17, 15) is 9.90 Å². The molecule has 0 aromatic heterocycles. The van der Waals surface area contributed by atoms with Gasteiger partial charge in [-0.25, -0.2) is 0 Å². The van der Waals surface area contributed by atoms with Crippen LogP contribution >= 0.6 is 0 Å². The van der Waals surface area contributed by atoms with Crippen molar-refractivity contribution in [3.8, 4) is 0 Å². The van der Waals surface area contributed by atoms with Gasteiger partial charge in [0.2, 0.25) is 5.91 Å². The highest BCUT2D eigenvalue weighted by Gasteiger charge is 2.21. The van der Waals surface area contributed by atoms with Gasteiger partial charge in [-0.05, 0) is 26.2 Å². The Morgan fingerprint density at radius 3 is 2.76 bits per heavy atom. The Labute approximate surface area is 104 Å². The molecule has 1 aliphatic rings. The lowest BCUT2D eigenvalue weighted by atomic mass is 10.1. The number of hydrogen-bond acceptors (Lipinski definition) is 3. The van der Waals surface area contributed by atoms with E-state index in [4.69, 9.17) is 0 Å². The van der Waals surface area contributed by atoms with Crippen molar-refractivity contribution in [3.05, 3.63) is 0 Å². The van der Waals surface area contributed by atoms with Gasteiger partial charge in [-0.3, -0.25) is 4.79 Å². The van der Waals surface area contributed by atoms with Gasteiger partial charge in [0, 0.05) is 12.1 Å². The van der Waals surface area contributed by atoms with Crippen molar-refractivity contribution >= 4 is 5.91 Å². The van der Waals surface area contributed by atoms with Crippen LogP contribution in [0.1, 0.15) is 52.4 Å². The van der Waals surface area contributed by atoms with Crippen LogP contribution in [0.15, 0.2) is 0 Å². The van der Waals surface area contributed by atoms with Gasteiger partial charge in [0.05, 0.1) is 12.6 Å². The second-order valence-electron chi connectivity index (χ2n) is 5.07. The van der Waals surface area contributed by atoms with E-state index in [0.29, 0.717) is 6.54 Å². The minimum absolute atomic E-state index is 0.0239. The molecule has 1 amide bonds. The van der Waals surface area contributed by atoms with Crippen LogP contribution in [0, 0.1) is 0 Å². The predicted octanol–water partition coefficient (Wildman–Crippen LogP) is 1.18. The van der Waals surface area contributed by atoms with Crippen LogP contribution in [0.5, 0.6) is 0 Å². The molecule has 0 spiro atoms. The summed E-state index contributed by atoms with van der Waals surface area (Å²) in [5, 5.41) is 16.0. The third kappa shape index (κ3) is 5.50. The van der Waals surface area contributed by atoms with Crippen LogP contribution in [-0.4, -0.2) is 35.7 Å². The van der Waals surface area contributed by atoms with E-state index in [2.05, 4.69) is 10.6 Å². The summed E-state index contributed by atoms with van der Waals surface area (Å²) in [4.78, 5) is 11.6. The van der Waals surface area contributed by atoms with E-state index in [1.165, 1.54) is 6.42 Å². The Hall–Kier alpha value is -0.610. The maximum Gasteiger partial charge on any atom is 0.234 e. The molecule has 0 bridgehead atoms. The summed E-state index contributed by atoms with van der Waals surface area (Å²) in [6.07, 6.45) is 5.89. The maximum atomic E-state index is 11.6. The van der Waals surface area contributed by atoms with E-state index in [-0.39, 0.29) is 24.1 Å². The zero-order chi connectivity index (χ0) is 12.7. The van der Waals surface area contributed by atoms with Gasteiger partial charge in [-0.2, -0.15) is 0 Å². The quantitative estimate of drug-likeness (QED) is 0.635. The summed E-state index contributed by atoms with van der Waals surface area (Å²) >= 11 is 0. The number of carbonyl (C=O) groups is 1. The molecule has 1 aliphatic carbocycles. The van der Waals surface area contributed by atoms with E-state index >= 15 is 0 Å². The van der Waals surface area contributed by atoms with Crippen molar-refractivity contribution in [2.45, 2.75) is 70.6 Å². The van der Waals surface area contributed by atoms with Gasteiger partial charge < -0.3 is 15.7 Å². The second kappa shape index (κ2) is 7.67. The molecule has 0 heterocycles.